The number of unbranched alkanes of at least 4 members (excludes halogenated alkanes) is 1. The number of aryl methyl sites for hydroxylation is 1. The van der Waals surface area contributed by atoms with Gasteiger partial charge < -0.3 is 15.1 Å². The zero-order valence-corrected chi connectivity index (χ0v) is 20.9. The molecule has 2 rings (SSSR count). The molecule has 2 amide bonds. The molecule has 0 spiro atoms. The second kappa shape index (κ2) is 13.9. The Balaban J connectivity index is 2.03. The number of rotatable bonds is 14. The van der Waals surface area contributed by atoms with Gasteiger partial charge in [-0.05, 0) is 49.4 Å². The van der Waals surface area contributed by atoms with Crippen LogP contribution in [0.15, 0.2) is 47.1 Å². The predicted octanol–water partition coefficient (Wildman–Crippen LogP) is 4.91. The molecule has 180 valence electrons. The van der Waals surface area contributed by atoms with Crippen LogP contribution < -0.4 is 10.6 Å². The molecule has 1 heterocycles. The van der Waals surface area contributed by atoms with Crippen molar-refractivity contribution in [2.24, 2.45) is 5.92 Å². The largest absolute Gasteiger partial charge is 0.468 e. The van der Waals surface area contributed by atoms with Crippen molar-refractivity contribution in [1.29, 1.82) is 0 Å². The average molecular weight is 473 g/mol. The fourth-order valence-corrected chi connectivity index (χ4v) is 4.38. The van der Waals surface area contributed by atoms with Crippen molar-refractivity contribution in [1.82, 2.24) is 10.6 Å². The van der Waals surface area contributed by atoms with E-state index in [0.717, 1.165) is 24.2 Å². The minimum absolute atomic E-state index is 0.0121. The molecule has 1 aromatic heterocycles. The molecule has 7 heteroatoms. The lowest BCUT2D eigenvalue weighted by atomic mass is 10.00. The van der Waals surface area contributed by atoms with Crippen molar-refractivity contribution >= 4 is 29.4 Å². The van der Waals surface area contributed by atoms with Crippen LogP contribution in [0, 0.1) is 12.8 Å². The van der Waals surface area contributed by atoms with E-state index in [4.69, 9.17) is 4.42 Å². The van der Waals surface area contributed by atoms with Crippen LogP contribution in [0.25, 0.3) is 0 Å². The van der Waals surface area contributed by atoms with E-state index in [-0.39, 0.29) is 23.5 Å². The topological polar surface area (TPSA) is 88.4 Å². The SMILES string of the molecule is CCCCC(NC(=O)C(CC(C)C)NC(=O)c1ccccc1C)C(=O)CSCc1ccco1. The Labute approximate surface area is 201 Å². The van der Waals surface area contributed by atoms with Crippen LogP contribution in [0.1, 0.15) is 68.1 Å². The van der Waals surface area contributed by atoms with Gasteiger partial charge in [0, 0.05) is 5.56 Å². The number of hydrogen-bond donors (Lipinski definition) is 2. The molecular formula is C26H36N2O4S. The third-order valence-electron chi connectivity index (χ3n) is 5.34. The number of thioether (sulfide) groups is 1. The van der Waals surface area contributed by atoms with E-state index in [1.165, 1.54) is 11.8 Å². The Hall–Kier alpha value is -2.54. The van der Waals surface area contributed by atoms with Gasteiger partial charge in [-0.3, -0.25) is 14.4 Å². The minimum atomic E-state index is -0.704. The highest BCUT2D eigenvalue weighted by atomic mass is 32.2. The monoisotopic (exact) mass is 472 g/mol. The summed E-state index contributed by atoms with van der Waals surface area (Å²) in [6.07, 6.45) is 4.46. The first-order valence-electron chi connectivity index (χ1n) is 11.6. The van der Waals surface area contributed by atoms with E-state index in [2.05, 4.69) is 17.6 Å². The summed E-state index contributed by atoms with van der Waals surface area (Å²) in [5, 5.41) is 5.82. The third-order valence-corrected chi connectivity index (χ3v) is 6.32. The molecule has 2 aromatic rings. The van der Waals surface area contributed by atoms with Gasteiger partial charge >= 0.3 is 0 Å². The molecule has 2 N–H and O–H groups in total. The zero-order chi connectivity index (χ0) is 24.2. The molecule has 0 saturated carbocycles. The summed E-state index contributed by atoms with van der Waals surface area (Å²) in [7, 11) is 0. The summed E-state index contributed by atoms with van der Waals surface area (Å²) in [5.74, 6) is 1.32. The highest BCUT2D eigenvalue weighted by Gasteiger charge is 2.27. The van der Waals surface area contributed by atoms with Crippen molar-refractivity contribution in [3.05, 3.63) is 59.5 Å². The van der Waals surface area contributed by atoms with Crippen molar-refractivity contribution in [3.8, 4) is 0 Å². The van der Waals surface area contributed by atoms with Gasteiger partial charge in [-0.15, -0.1) is 11.8 Å². The maximum atomic E-state index is 13.2. The number of ketones is 1. The second-order valence-corrected chi connectivity index (χ2v) is 9.70. The number of nitrogens with one attached hydrogen (secondary N) is 2. The zero-order valence-electron chi connectivity index (χ0n) is 20.1. The van der Waals surface area contributed by atoms with Crippen LogP contribution >= 0.6 is 11.8 Å². The minimum Gasteiger partial charge on any atom is -0.468 e. The van der Waals surface area contributed by atoms with Crippen molar-refractivity contribution < 1.29 is 18.8 Å². The summed E-state index contributed by atoms with van der Waals surface area (Å²) in [6, 6.07) is 9.73. The molecule has 0 radical (unpaired) electrons. The van der Waals surface area contributed by atoms with E-state index in [1.54, 1.807) is 18.4 Å². The third kappa shape index (κ3) is 9.08. The number of benzene rings is 1. The summed E-state index contributed by atoms with van der Waals surface area (Å²) in [5.41, 5.74) is 1.40. The number of Topliss-reactive ketones (excluding diaryl/α,β-unsaturated/α-hetero) is 1. The van der Waals surface area contributed by atoms with Crippen molar-refractivity contribution in [2.75, 3.05) is 5.75 Å². The molecule has 0 aliphatic rings. The Morgan fingerprint density at radius 1 is 1.03 bits per heavy atom. The molecule has 0 aliphatic heterocycles. The maximum absolute atomic E-state index is 13.2. The summed E-state index contributed by atoms with van der Waals surface area (Å²) in [6.45, 7) is 7.93. The molecule has 1 aromatic carbocycles. The lowest BCUT2D eigenvalue weighted by Gasteiger charge is -2.24. The van der Waals surface area contributed by atoms with E-state index < -0.39 is 12.1 Å². The molecule has 2 unspecified atom stereocenters. The smallest absolute Gasteiger partial charge is 0.252 e. The molecule has 0 fully saturated rings. The predicted molar refractivity (Wildman–Crippen MR) is 133 cm³/mol. The van der Waals surface area contributed by atoms with Gasteiger partial charge in [0.05, 0.1) is 23.8 Å². The van der Waals surface area contributed by atoms with Crippen LogP contribution in [0.5, 0.6) is 0 Å². The molecule has 0 bridgehead atoms. The Bertz CT molecular complexity index is 895. The van der Waals surface area contributed by atoms with Crippen LogP contribution in [0.3, 0.4) is 0 Å². The van der Waals surface area contributed by atoms with E-state index in [1.807, 2.05) is 45.0 Å². The summed E-state index contributed by atoms with van der Waals surface area (Å²) >= 11 is 1.47. The molecule has 0 saturated heterocycles. The van der Waals surface area contributed by atoms with Crippen LogP contribution in [0.2, 0.25) is 0 Å². The highest BCUT2D eigenvalue weighted by molar-refractivity contribution is 7.99. The standard InChI is InChI=1S/C26H36N2O4S/c1-5-6-13-22(24(29)17-33-16-20-11-9-14-32-20)27-26(31)23(15-18(2)3)28-25(30)21-12-8-7-10-19(21)4/h7-12,14,18,22-23H,5-6,13,15-17H2,1-4H3,(H,27,31)(H,28,30). The molecule has 2 atom stereocenters. The lowest BCUT2D eigenvalue weighted by Crippen LogP contribution is -2.52. The molecule has 0 aliphatic carbocycles. The molecular weight excluding hydrogens is 436 g/mol. The van der Waals surface area contributed by atoms with Gasteiger partial charge in [0.25, 0.3) is 5.91 Å². The Kier molecular flexibility index (Phi) is 11.2. The van der Waals surface area contributed by atoms with Crippen molar-refractivity contribution in [3.63, 3.8) is 0 Å². The van der Waals surface area contributed by atoms with Gasteiger partial charge in [0.2, 0.25) is 5.91 Å². The fraction of sp³-hybridized carbons (Fsp3) is 0.500. The Morgan fingerprint density at radius 3 is 2.42 bits per heavy atom. The quantitative estimate of drug-likeness (QED) is 0.408. The van der Waals surface area contributed by atoms with Gasteiger partial charge in [0.15, 0.2) is 5.78 Å². The van der Waals surface area contributed by atoms with Crippen molar-refractivity contribution in [2.45, 2.75) is 71.2 Å². The van der Waals surface area contributed by atoms with Gasteiger partial charge in [-0.2, -0.15) is 0 Å². The summed E-state index contributed by atoms with van der Waals surface area (Å²) < 4.78 is 5.31. The molecule has 6 nitrogen and oxygen atoms in total. The highest BCUT2D eigenvalue weighted by Crippen LogP contribution is 2.15. The number of furan rings is 1. The first-order chi connectivity index (χ1) is 15.8. The maximum Gasteiger partial charge on any atom is 0.252 e. The van der Waals surface area contributed by atoms with Crippen LogP contribution in [-0.4, -0.2) is 35.4 Å². The van der Waals surface area contributed by atoms with Gasteiger partial charge in [0.1, 0.15) is 11.8 Å². The van der Waals surface area contributed by atoms with E-state index in [0.29, 0.717) is 29.9 Å². The normalized spacial score (nSPS) is 12.9. The average Bonchev–Trinajstić information content (AvgIpc) is 3.29. The fourth-order valence-electron chi connectivity index (χ4n) is 3.51. The van der Waals surface area contributed by atoms with E-state index in [9.17, 15) is 14.4 Å². The first-order valence-corrected chi connectivity index (χ1v) is 12.8. The van der Waals surface area contributed by atoms with Crippen LogP contribution in [-0.2, 0) is 15.3 Å². The molecule has 33 heavy (non-hydrogen) atoms. The summed E-state index contributed by atoms with van der Waals surface area (Å²) in [4.78, 5) is 38.9. The van der Waals surface area contributed by atoms with Gasteiger partial charge in [-0.25, -0.2) is 0 Å². The van der Waals surface area contributed by atoms with E-state index >= 15 is 0 Å². The number of carbonyl (C=O) groups excluding carboxylic acids is 3. The second-order valence-electron chi connectivity index (χ2n) is 8.71. The van der Waals surface area contributed by atoms with Crippen LogP contribution in [0.4, 0.5) is 0 Å². The number of hydrogen-bond acceptors (Lipinski definition) is 5. The first kappa shape index (κ1) is 26.7. The van der Waals surface area contributed by atoms with Gasteiger partial charge in [-0.1, -0.05) is 51.8 Å². The lowest BCUT2D eigenvalue weighted by molar-refractivity contribution is -0.128. The number of carbonyl (C=O) groups is 3. The number of amides is 2. The Morgan fingerprint density at radius 2 is 1.79 bits per heavy atom.